The fourth-order valence-corrected chi connectivity index (χ4v) is 12.2. The quantitative estimate of drug-likeness (QED) is 0.167. The summed E-state index contributed by atoms with van der Waals surface area (Å²) in [6.45, 7) is 18.1. The molecule has 346 valence electrons. The lowest BCUT2D eigenvalue weighted by Gasteiger charge is -2.41. The molecule has 0 fully saturated rings. The topological polar surface area (TPSA) is 57.0 Å². The molecule has 2 aliphatic carbocycles. The van der Waals surface area contributed by atoms with E-state index in [9.17, 15) is 0 Å². The molecule has 1 spiro atoms. The van der Waals surface area contributed by atoms with Crippen molar-refractivity contribution in [2.75, 3.05) is 9.80 Å². The van der Waals surface area contributed by atoms with E-state index in [0.29, 0.717) is 0 Å². The minimum Gasteiger partial charge on any atom is -0.318 e. The van der Waals surface area contributed by atoms with Gasteiger partial charge < -0.3 is 9.80 Å². The van der Waals surface area contributed by atoms with E-state index in [1.807, 2.05) is 24.8 Å². The van der Waals surface area contributed by atoms with E-state index < -0.39 is 5.41 Å². The van der Waals surface area contributed by atoms with Crippen molar-refractivity contribution in [1.82, 2.24) is 9.97 Å². The van der Waals surface area contributed by atoms with Gasteiger partial charge in [-0.3, -0.25) is 20.0 Å². The number of para-hydroxylation sites is 2. The zero-order chi connectivity index (χ0) is 48.7. The molecular formula is C65H56N6. The second kappa shape index (κ2) is 15.0. The molecule has 4 aliphatic rings. The molecule has 71 heavy (non-hydrogen) atoms. The fourth-order valence-electron chi connectivity index (χ4n) is 12.2. The molecule has 7 aromatic carbocycles. The molecule has 0 N–H and O–H groups in total. The van der Waals surface area contributed by atoms with Crippen LogP contribution in [0.5, 0.6) is 0 Å². The Bertz CT molecular complexity index is 3680. The molecule has 2 aliphatic heterocycles. The fraction of sp³-hybridized carbons (Fsp3) is 0.200. The van der Waals surface area contributed by atoms with Crippen molar-refractivity contribution in [2.24, 2.45) is 9.98 Å². The summed E-state index contributed by atoms with van der Waals surface area (Å²) < 4.78 is 0. The molecule has 0 radical (unpaired) electrons. The van der Waals surface area contributed by atoms with Gasteiger partial charge in [-0.15, -0.1) is 0 Å². The molecule has 0 saturated carbocycles. The number of hydrogen-bond donors (Lipinski definition) is 0. The van der Waals surface area contributed by atoms with E-state index in [1.165, 1.54) is 55.3 Å². The van der Waals surface area contributed by atoms with Crippen LogP contribution in [-0.4, -0.2) is 43.8 Å². The van der Waals surface area contributed by atoms with Crippen LogP contribution in [0.25, 0.3) is 55.3 Å². The third-order valence-electron chi connectivity index (χ3n) is 17.1. The second-order valence-corrected chi connectivity index (χ2v) is 21.9. The van der Waals surface area contributed by atoms with Crippen molar-refractivity contribution in [3.8, 4) is 44.5 Å². The average Bonchev–Trinajstić information content (AvgIpc) is 4.00. The van der Waals surface area contributed by atoms with Gasteiger partial charge in [0.25, 0.3) is 0 Å². The molecule has 0 saturated heterocycles. The normalized spacial score (nSPS) is 18.0. The Balaban J connectivity index is 0.955. The summed E-state index contributed by atoms with van der Waals surface area (Å²) in [5.41, 5.74) is 17.2. The minimum absolute atomic E-state index is 0.264. The number of amidine groups is 2. The molecule has 2 aromatic heterocycles. The van der Waals surface area contributed by atoms with Gasteiger partial charge in [0.15, 0.2) is 0 Å². The molecule has 9 aromatic rings. The molecular weight excluding hydrogens is 865 g/mol. The molecule has 0 bridgehead atoms. The smallest absolute Gasteiger partial charge is 0.138 e. The van der Waals surface area contributed by atoms with Crippen LogP contribution in [0.4, 0.5) is 11.4 Å². The van der Waals surface area contributed by atoms with Crippen LogP contribution < -0.4 is 9.80 Å². The summed E-state index contributed by atoms with van der Waals surface area (Å²) >= 11 is 0. The lowest BCUT2D eigenvalue weighted by atomic mass is 9.69. The number of fused-ring (bicyclic) bond motifs is 12. The zero-order valence-corrected chi connectivity index (χ0v) is 41.7. The number of hydrogen-bond acceptors (Lipinski definition) is 6. The molecule has 6 heteroatoms. The van der Waals surface area contributed by atoms with Gasteiger partial charge >= 0.3 is 0 Å². The van der Waals surface area contributed by atoms with Crippen LogP contribution >= 0.6 is 0 Å². The van der Waals surface area contributed by atoms with Crippen LogP contribution in [-0.2, 0) is 5.41 Å². The first-order valence-corrected chi connectivity index (χ1v) is 24.9. The number of anilines is 2. The van der Waals surface area contributed by atoms with Crippen LogP contribution in [0.3, 0.4) is 0 Å². The number of pyridine rings is 2. The Morgan fingerprint density at radius 1 is 0.352 bits per heavy atom. The number of rotatable bonds is 6. The van der Waals surface area contributed by atoms with Crippen molar-refractivity contribution in [1.29, 1.82) is 0 Å². The van der Waals surface area contributed by atoms with E-state index >= 15 is 0 Å². The minimum atomic E-state index is -0.559. The summed E-state index contributed by atoms with van der Waals surface area (Å²) in [4.78, 5) is 25.4. The van der Waals surface area contributed by atoms with E-state index in [2.05, 4.69) is 235 Å². The lowest BCUT2D eigenvalue weighted by molar-refractivity contribution is 0.338. The van der Waals surface area contributed by atoms with E-state index in [1.54, 1.807) is 0 Å². The number of nitrogens with zero attached hydrogens (tertiary/aromatic N) is 6. The predicted octanol–water partition coefficient (Wildman–Crippen LogP) is 15.0. The van der Waals surface area contributed by atoms with E-state index in [0.717, 1.165) is 56.4 Å². The van der Waals surface area contributed by atoms with Crippen molar-refractivity contribution >= 4 is 33.8 Å². The highest BCUT2D eigenvalue weighted by atomic mass is 15.3. The van der Waals surface area contributed by atoms with Crippen LogP contribution in [0.15, 0.2) is 205 Å². The third kappa shape index (κ3) is 6.00. The first kappa shape index (κ1) is 43.1. The average molecular weight is 921 g/mol. The van der Waals surface area contributed by atoms with Gasteiger partial charge in [0, 0.05) is 58.4 Å². The van der Waals surface area contributed by atoms with Crippen LogP contribution in [0, 0.1) is 0 Å². The van der Waals surface area contributed by atoms with Gasteiger partial charge in [-0.05, 0) is 170 Å². The molecule has 0 atom stereocenters. The maximum absolute atomic E-state index is 5.42. The van der Waals surface area contributed by atoms with E-state index in [-0.39, 0.29) is 22.2 Å². The Kier molecular flexibility index (Phi) is 9.12. The Morgan fingerprint density at radius 3 is 1.32 bits per heavy atom. The largest absolute Gasteiger partial charge is 0.318 e. The molecule has 13 rings (SSSR count). The monoisotopic (exact) mass is 920 g/mol. The van der Waals surface area contributed by atoms with Gasteiger partial charge in [0.05, 0.1) is 27.6 Å². The summed E-state index contributed by atoms with van der Waals surface area (Å²) in [6.07, 6.45) is 7.93. The molecule has 6 nitrogen and oxygen atoms in total. The van der Waals surface area contributed by atoms with Crippen molar-refractivity contribution in [3.05, 3.63) is 228 Å². The van der Waals surface area contributed by atoms with Gasteiger partial charge in [0.2, 0.25) is 0 Å². The number of benzene rings is 7. The van der Waals surface area contributed by atoms with Crippen LogP contribution in [0.2, 0.25) is 0 Å². The highest BCUT2D eigenvalue weighted by Gasteiger charge is 2.54. The number of aromatic nitrogens is 2. The van der Waals surface area contributed by atoms with Crippen LogP contribution in [0.1, 0.15) is 88.8 Å². The van der Waals surface area contributed by atoms with Gasteiger partial charge in [-0.2, -0.15) is 0 Å². The second-order valence-electron chi connectivity index (χ2n) is 21.9. The Labute approximate surface area is 417 Å². The first-order valence-electron chi connectivity index (χ1n) is 24.9. The van der Waals surface area contributed by atoms with Gasteiger partial charge in [0.1, 0.15) is 11.7 Å². The maximum atomic E-state index is 5.42. The van der Waals surface area contributed by atoms with E-state index in [4.69, 9.17) is 20.0 Å². The lowest BCUT2D eigenvalue weighted by Crippen LogP contribution is -2.53. The SMILES string of the molecule is CC1(C)N=C(c2cncc(-c3ccc4c(c3)C3(c5ccccc5-c5ccccc53)c3c-4ccc4cc(-c5cncc(C6=NC(C)(C)C(C)(C)N6c6ccccc6)c5)ccc34)c2)N(c2ccccc2)C1(C)C. The van der Waals surface area contributed by atoms with Crippen molar-refractivity contribution in [2.45, 2.75) is 83.0 Å². The summed E-state index contributed by atoms with van der Waals surface area (Å²) in [5.74, 6) is 1.88. The zero-order valence-electron chi connectivity index (χ0n) is 41.7. The summed E-state index contributed by atoms with van der Waals surface area (Å²) in [5, 5.41) is 2.43. The molecule has 0 amide bonds. The maximum Gasteiger partial charge on any atom is 0.138 e. The summed E-state index contributed by atoms with van der Waals surface area (Å²) in [7, 11) is 0. The van der Waals surface area contributed by atoms with Crippen molar-refractivity contribution < 1.29 is 0 Å². The van der Waals surface area contributed by atoms with Gasteiger partial charge in [-0.25, -0.2) is 0 Å². The van der Waals surface area contributed by atoms with Crippen molar-refractivity contribution in [3.63, 3.8) is 0 Å². The molecule has 0 unspecified atom stereocenters. The Morgan fingerprint density at radius 2 is 0.789 bits per heavy atom. The standard InChI is InChI=1S/C65H56N6/c1-61(2)63(5,6)70(48-19-11-9-12-20-48)59(68-61)46-34-44(37-66-39-46)41-27-30-50-43(33-41)29-32-54-53-31-28-42(36-57(53)65(58(50)54)55-25-17-15-23-51(55)52-24-16-18-26-56(52)65)45-35-47(40-67-38-45)60-69-62(3,4)64(7,8)71(60)49-21-13-10-14-22-49/h9-40H,1-8H3. The molecule has 4 heterocycles. The summed E-state index contributed by atoms with van der Waals surface area (Å²) in [6, 6.07) is 62.7. The first-order chi connectivity index (χ1) is 34.2. The highest BCUT2D eigenvalue weighted by molar-refractivity contribution is 6.14. The predicted molar refractivity (Wildman–Crippen MR) is 294 cm³/mol. The highest BCUT2D eigenvalue weighted by Crippen LogP contribution is 2.64. The third-order valence-corrected chi connectivity index (χ3v) is 17.1. The Hall–Kier alpha value is -7.96. The van der Waals surface area contributed by atoms with Gasteiger partial charge in [-0.1, -0.05) is 121 Å². The number of aliphatic imine (C=N–C) groups is 2.